The summed E-state index contributed by atoms with van der Waals surface area (Å²) in [6.45, 7) is 0. The second-order valence-corrected chi connectivity index (χ2v) is 11.7. The Labute approximate surface area is 278 Å². The van der Waals surface area contributed by atoms with E-state index in [-0.39, 0.29) is 0 Å². The van der Waals surface area contributed by atoms with Gasteiger partial charge in [0.15, 0.2) is 0 Å². The van der Waals surface area contributed by atoms with E-state index < -0.39 is 0 Å². The van der Waals surface area contributed by atoms with Crippen molar-refractivity contribution < 1.29 is 0 Å². The van der Waals surface area contributed by atoms with Gasteiger partial charge in [0.1, 0.15) is 11.6 Å². The normalized spacial score (nSPS) is 11.3. The van der Waals surface area contributed by atoms with Crippen molar-refractivity contribution in [2.75, 3.05) is 0 Å². The van der Waals surface area contributed by atoms with Gasteiger partial charge in [-0.15, -0.1) is 0 Å². The molecule has 5 nitrogen and oxygen atoms in total. The number of pyridine rings is 1. The second-order valence-electron chi connectivity index (χ2n) is 11.7. The van der Waals surface area contributed by atoms with E-state index in [1.54, 1.807) is 0 Å². The number of hydrogen-bond donors (Lipinski definition) is 0. The molecule has 0 N–H and O–H groups in total. The highest BCUT2D eigenvalue weighted by Gasteiger charge is 2.17. The fourth-order valence-electron chi connectivity index (χ4n) is 6.58. The van der Waals surface area contributed by atoms with Crippen molar-refractivity contribution in [1.29, 1.82) is 0 Å². The van der Waals surface area contributed by atoms with Crippen molar-refractivity contribution >= 4 is 22.1 Å². The summed E-state index contributed by atoms with van der Waals surface area (Å²) in [7, 11) is 0. The Morgan fingerprint density at radius 2 is 0.896 bits per heavy atom. The zero-order chi connectivity index (χ0) is 31.9. The number of fused-ring (bicyclic) bond motifs is 2. The number of imidazole rings is 2. The zero-order valence-corrected chi connectivity index (χ0v) is 26.0. The Hall–Kier alpha value is -6.59. The number of hydrogen-bond acceptors (Lipinski definition) is 3. The standard InChI is InChI=1S/C43H29N5/c1-3-14-30(15-4-1)42-45-38-22-9-11-24-40(38)47(42)33-19-13-18-32(28-33)35-20-7-8-21-36(35)37-27-26-34(29-44-37)48-41-25-12-10-23-39(41)46-43(48)31-16-5-2-6-17-31/h1-29H. The average Bonchev–Trinajstić information content (AvgIpc) is 3.75. The van der Waals surface area contributed by atoms with E-state index in [0.29, 0.717) is 0 Å². The Morgan fingerprint density at radius 3 is 1.50 bits per heavy atom. The summed E-state index contributed by atoms with van der Waals surface area (Å²) in [4.78, 5) is 15.1. The molecule has 3 aromatic heterocycles. The smallest absolute Gasteiger partial charge is 0.145 e. The van der Waals surface area contributed by atoms with Gasteiger partial charge in [0, 0.05) is 22.4 Å². The number of rotatable bonds is 6. The molecule has 5 heteroatoms. The summed E-state index contributed by atoms with van der Waals surface area (Å²) >= 11 is 0. The Morgan fingerprint density at radius 1 is 0.375 bits per heavy atom. The molecule has 3 heterocycles. The first kappa shape index (κ1) is 27.7. The number of aromatic nitrogens is 5. The largest absolute Gasteiger partial charge is 0.292 e. The predicted octanol–water partition coefficient (Wildman–Crippen LogP) is 10.4. The minimum absolute atomic E-state index is 0.894. The minimum Gasteiger partial charge on any atom is -0.292 e. The van der Waals surface area contributed by atoms with Crippen molar-refractivity contribution in [3.8, 4) is 56.5 Å². The lowest BCUT2D eigenvalue weighted by Gasteiger charge is -2.14. The van der Waals surface area contributed by atoms with Crippen LogP contribution in [0, 0.1) is 0 Å². The van der Waals surface area contributed by atoms with Crippen LogP contribution in [-0.2, 0) is 0 Å². The molecule has 0 radical (unpaired) electrons. The molecule has 6 aromatic carbocycles. The van der Waals surface area contributed by atoms with Crippen molar-refractivity contribution in [2.45, 2.75) is 0 Å². The Bertz CT molecular complexity index is 2550. The Kier molecular flexibility index (Phi) is 6.72. The van der Waals surface area contributed by atoms with Crippen molar-refractivity contribution in [3.63, 3.8) is 0 Å². The summed E-state index contributed by atoms with van der Waals surface area (Å²) < 4.78 is 4.44. The van der Waals surface area contributed by atoms with Crippen LogP contribution in [0.15, 0.2) is 176 Å². The molecule has 0 saturated carbocycles. The van der Waals surface area contributed by atoms with E-state index in [1.165, 1.54) is 0 Å². The fraction of sp³-hybridized carbons (Fsp3) is 0. The molecule has 0 fully saturated rings. The van der Waals surface area contributed by atoms with Gasteiger partial charge in [0.25, 0.3) is 0 Å². The summed E-state index contributed by atoms with van der Waals surface area (Å²) in [5.41, 5.74) is 12.4. The van der Waals surface area contributed by atoms with Gasteiger partial charge < -0.3 is 0 Å². The molecule has 0 saturated heterocycles. The van der Waals surface area contributed by atoms with Gasteiger partial charge in [0.05, 0.1) is 39.6 Å². The van der Waals surface area contributed by atoms with Crippen LogP contribution in [0.1, 0.15) is 0 Å². The summed E-state index contributed by atoms with van der Waals surface area (Å²) in [6, 6.07) is 58.7. The van der Waals surface area contributed by atoms with E-state index >= 15 is 0 Å². The molecule has 0 bridgehead atoms. The topological polar surface area (TPSA) is 48.5 Å². The first-order chi connectivity index (χ1) is 23.8. The highest BCUT2D eigenvalue weighted by atomic mass is 15.1. The molecule has 0 aliphatic heterocycles. The Balaban J connectivity index is 1.14. The lowest BCUT2D eigenvalue weighted by Crippen LogP contribution is -1.99. The quantitative estimate of drug-likeness (QED) is 0.187. The van der Waals surface area contributed by atoms with E-state index in [1.807, 2.05) is 42.6 Å². The molecule has 9 aromatic rings. The molecule has 0 amide bonds. The van der Waals surface area contributed by atoms with Crippen molar-refractivity contribution in [1.82, 2.24) is 24.1 Å². The number of benzene rings is 6. The number of nitrogens with zero attached hydrogens (tertiary/aromatic N) is 5. The molecule has 0 atom stereocenters. The van der Waals surface area contributed by atoms with E-state index in [2.05, 4.69) is 143 Å². The van der Waals surface area contributed by atoms with Crippen LogP contribution in [0.2, 0.25) is 0 Å². The van der Waals surface area contributed by atoms with Crippen LogP contribution in [0.25, 0.3) is 78.6 Å². The third-order valence-electron chi connectivity index (χ3n) is 8.81. The van der Waals surface area contributed by atoms with E-state index in [4.69, 9.17) is 15.0 Å². The first-order valence-electron chi connectivity index (χ1n) is 16.0. The minimum atomic E-state index is 0.894. The van der Waals surface area contributed by atoms with Gasteiger partial charge in [-0.1, -0.05) is 121 Å². The van der Waals surface area contributed by atoms with Crippen LogP contribution in [0.4, 0.5) is 0 Å². The van der Waals surface area contributed by atoms with Gasteiger partial charge in [-0.3, -0.25) is 14.1 Å². The molecule has 226 valence electrons. The third kappa shape index (κ3) is 4.77. The lowest BCUT2D eigenvalue weighted by molar-refractivity contribution is 1.08. The van der Waals surface area contributed by atoms with E-state index in [0.717, 1.165) is 78.6 Å². The SMILES string of the molecule is c1ccc(-c2nc3ccccc3n2-c2ccc(-c3ccccc3-c3cccc(-n4c(-c5ccccc5)nc5ccccc54)c3)nc2)cc1. The molecule has 0 aliphatic rings. The molecular weight excluding hydrogens is 587 g/mol. The van der Waals surface area contributed by atoms with Crippen LogP contribution in [0.3, 0.4) is 0 Å². The molecule has 0 spiro atoms. The van der Waals surface area contributed by atoms with Crippen molar-refractivity contribution in [3.05, 3.63) is 176 Å². The third-order valence-corrected chi connectivity index (χ3v) is 8.81. The maximum atomic E-state index is 5.05. The van der Waals surface area contributed by atoms with E-state index in [9.17, 15) is 0 Å². The van der Waals surface area contributed by atoms with Crippen LogP contribution in [-0.4, -0.2) is 24.1 Å². The van der Waals surface area contributed by atoms with Gasteiger partial charge in [-0.2, -0.15) is 0 Å². The summed E-state index contributed by atoms with van der Waals surface area (Å²) in [5, 5.41) is 0. The molecule has 0 unspecified atom stereocenters. The second kappa shape index (κ2) is 11.6. The van der Waals surface area contributed by atoms with Gasteiger partial charge in [0.2, 0.25) is 0 Å². The lowest BCUT2D eigenvalue weighted by atomic mass is 9.97. The first-order valence-corrected chi connectivity index (χ1v) is 16.0. The number of para-hydroxylation sites is 4. The van der Waals surface area contributed by atoms with Gasteiger partial charge >= 0.3 is 0 Å². The average molecular weight is 616 g/mol. The highest BCUT2D eigenvalue weighted by Crippen LogP contribution is 2.35. The summed E-state index contributed by atoms with van der Waals surface area (Å²) in [6.07, 6.45) is 1.95. The molecule has 48 heavy (non-hydrogen) atoms. The van der Waals surface area contributed by atoms with Crippen LogP contribution in [0.5, 0.6) is 0 Å². The fourth-order valence-corrected chi connectivity index (χ4v) is 6.58. The van der Waals surface area contributed by atoms with Crippen LogP contribution >= 0.6 is 0 Å². The monoisotopic (exact) mass is 615 g/mol. The van der Waals surface area contributed by atoms with Crippen molar-refractivity contribution in [2.24, 2.45) is 0 Å². The van der Waals surface area contributed by atoms with Gasteiger partial charge in [-0.05, 0) is 59.7 Å². The maximum Gasteiger partial charge on any atom is 0.145 e. The molecule has 9 rings (SSSR count). The van der Waals surface area contributed by atoms with Crippen LogP contribution < -0.4 is 0 Å². The van der Waals surface area contributed by atoms with Gasteiger partial charge in [-0.25, -0.2) is 9.97 Å². The maximum absolute atomic E-state index is 5.05. The highest BCUT2D eigenvalue weighted by molar-refractivity contribution is 5.87. The predicted molar refractivity (Wildman–Crippen MR) is 195 cm³/mol. The molecule has 0 aliphatic carbocycles. The summed E-state index contributed by atoms with van der Waals surface area (Å²) in [5.74, 6) is 1.81. The zero-order valence-electron chi connectivity index (χ0n) is 26.0. The molecular formula is C43H29N5.